The third-order valence-electron chi connectivity index (χ3n) is 3.81. The molecule has 0 aromatic carbocycles. The SMILES string of the molecule is O=C([C@H]1CCCO1)N1CCC[C@@H](n2cccn2)C1. The Hall–Kier alpha value is -1.36. The summed E-state index contributed by atoms with van der Waals surface area (Å²) in [6.07, 6.45) is 7.60. The van der Waals surface area contributed by atoms with Gasteiger partial charge in [-0.3, -0.25) is 9.48 Å². The van der Waals surface area contributed by atoms with Crippen molar-refractivity contribution in [2.45, 2.75) is 37.8 Å². The van der Waals surface area contributed by atoms with Crippen molar-refractivity contribution in [1.82, 2.24) is 14.7 Å². The highest BCUT2D eigenvalue weighted by atomic mass is 16.5. The molecule has 0 unspecified atom stereocenters. The Kier molecular flexibility index (Phi) is 3.32. The molecule has 2 fully saturated rings. The zero-order valence-electron chi connectivity index (χ0n) is 10.5. The van der Waals surface area contributed by atoms with Crippen LogP contribution in [0.25, 0.3) is 0 Å². The lowest BCUT2D eigenvalue weighted by molar-refractivity contribution is -0.142. The maximum atomic E-state index is 12.3. The minimum Gasteiger partial charge on any atom is -0.368 e. The van der Waals surface area contributed by atoms with Crippen LogP contribution in [0.15, 0.2) is 18.5 Å². The number of hydrogen-bond acceptors (Lipinski definition) is 3. The summed E-state index contributed by atoms with van der Waals surface area (Å²) in [6.45, 7) is 2.35. The number of hydrogen-bond donors (Lipinski definition) is 0. The number of carbonyl (C=O) groups is 1. The van der Waals surface area contributed by atoms with Crippen LogP contribution in [0.1, 0.15) is 31.7 Å². The number of amides is 1. The molecular formula is C13H19N3O2. The lowest BCUT2D eigenvalue weighted by Gasteiger charge is -2.34. The highest BCUT2D eigenvalue weighted by Crippen LogP contribution is 2.23. The lowest BCUT2D eigenvalue weighted by Crippen LogP contribution is -2.45. The van der Waals surface area contributed by atoms with Crippen molar-refractivity contribution in [3.05, 3.63) is 18.5 Å². The summed E-state index contributed by atoms with van der Waals surface area (Å²) in [7, 11) is 0. The van der Waals surface area contributed by atoms with Crippen molar-refractivity contribution in [2.75, 3.05) is 19.7 Å². The van der Waals surface area contributed by atoms with Gasteiger partial charge in [-0.25, -0.2) is 0 Å². The first kappa shape index (κ1) is 11.7. The van der Waals surface area contributed by atoms with Crippen LogP contribution in [0.3, 0.4) is 0 Å². The van der Waals surface area contributed by atoms with E-state index in [1.165, 1.54) is 0 Å². The summed E-state index contributed by atoms with van der Waals surface area (Å²) in [4.78, 5) is 14.2. The van der Waals surface area contributed by atoms with Crippen molar-refractivity contribution >= 4 is 5.91 Å². The van der Waals surface area contributed by atoms with Crippen molar-refractivity contribution in [1.29, 1.82) is 0 Å². The van der Waals surface area contributed by atoms with E-state index in [1.807, 2.05) is 21.8 Å². The Bertz CT molecular complexity index is 398. The third kappa shape index (κ3) is 2.27. The van der Waals surface area contributed by atoms with Gasteiger partial charge in [-0.15, -0.1) is 0 Å². The summed E-state index contributed by atoms with van der Waals surface area (Å²) in [5, 5.41) is 4.28. The highest BCUT2D eigenvalue weighted by molar-refractivity contribution is 5.81. The van der Waals surface area contributed by atoms with Gasteiger partial charge in [0.25, 0.3) is 5.91 Å². The monoisotopic (exact) mass is 249 g/mol. The smallest absolute Gasteiger partial charge is 0.251 e. The van der Waals surface area contributed by atoms with Gasteiger partial charge >= 0.3 is 0 Å². The fourth-order valence-electron chi connectivity index (χ4n) is 2.84. The molecule has 0 bridgehead atoms. The van der Waals surface area contributed by atoms with E-state index in [9.17, 15) is 4.79 Å². The maximum absolute atomic E-state index is 12.3. The Labute approximate surface area is 107 Å². The first-order valence-corrected chi connectivity index (χ1v) is 6.74. The average Bonchev–Trinajstić information content (AvgIpc) is 3.11. The summed E-state index contributed by atoms with van der Waals surface area (Å²) in [5.74, 6) is 0.171. The molecule has 18 heavy (non-hydrogen) atoms. The van der Waals surface area contributed by atoms with Crippen molar-refractivity contribution < 1.29 is 9.53 Å². The molecule has 0 saturated carbocycles. The number of likely N-dealkylation sites (tertiary alicyclic amines) is 1. The molecule has 3 rings (SSSR count). The number of rotatable bonds is 2. The predicted octanol–water partition coefficient (Wildman–Crippen LogP) is 1.23. The summed E-state index contributed by atoms with van der Waals surface area (Å²) >= 11 is 0. The second-order valence-electron chi connectivity index (χ2n) is 5.07. The van der Waals surface area contributed by atoms with Gasteiger partial charge in [0.05, 0.1) is 6.04 Å². The molecule has 0 N–H and O–H groups in total. The van der Waals surface area contributed by atoms with Crippen LogP contribution in [0.4, 0.5) is 0 Å². The summed E-state index contributed by atoms with van der Waals surface area (Å²) in [5.41, 5.74) is 0. The first-order chi connectivity index (χ1) is 8.84. The molecule has 2 saturated heterocycles. The Morgan fingerprint density at radius 1 is 1.33 bits per heavy atom. The quantitative estimate of drug-likeness (QED) is 0.792. The van der Waals surface area contributed by atoms with Gasteiger partial charge in [0.2, 0.25) is 0 Å². The molecule has 2 atom stereocenters. The van der Waals surface area contributed by atoms with Gasteiger partial charge in [-0.1, -0.05) is 0 Å². The Morgan fingerprint density at radius 2 is 2.28 bits per heavy atom. The van der Waals surface area contributed by atoms with E-state index in [4.69, 9.17) is 4.74 Å². The molecule has 1 aromatic heterocycles. The van der Waals surface area contributed by atoms with Crippen molar-refractivity contribution in [3.8, 4) is 0 Å². The molecule has 3 heterocycles. The molecule has 2 aliphatic rings. The summed E-state index contributed by atoms with van der Waals surface area (Å²) in [6, 6.07) is 2.25. The highest BCUT2D eigenvalue weighted by Gasteiger charge is 2.31. The van der Waals surface area contributed by atoms with E-state index < -0.39 is 0 Å². The van der Waals surface area contributed by atoms with E-state index in [0.717, 1.165) is 45.4 Å². The first-order valence-electron chi connectivity index (χ1n) is 6.74. The van der Waals surface area contributed by atoms with Crippen LogP contribution in [0.2, 0.25) is 0 Å². The topological polar surface area (TPSA) is 47.4 Å². The van der Waals surface area contributed by atoms with Crippen LogP contribution in [0.5, 0.6) is 0 Å². The molecule has 1 aromatic rings. The minimum absolute atomic E-state index is 0.171. The molecule has 0 radical (unpaired) electrons. The van der Waals surface area contributed by atoms with Gasteiger partial charge in [0, 0.05) is 32.1 Å². The molecular weight excluding hydrogens is 230 g/mol. The maximum Gasteiger partial charge on any atom is 0.251 e. The van der Waals surface area contributed by atoms with E-state index >= 15 is 0 Å². The third-order valence-corrected chi connectivity index (χ3v) is 3.81. The number of piperidine rings is 1. The van der Waals surface area contributed by atoms with E-state index in [0.29, 0.717) is 6.04 Å². The largest absolute Gasteiger partial charge is 0.368 e. The van der Waals surface area contributed by atoms with Gasteiger partial charge < -0.3 is 9.64 Å². The fourth-order valence-corrected chi connectivity index (χ4v) is 2.84. The molecule has 0 spiro atoms. The Balaban J connectivity index is 1.64. The van der Waals surface area contributed by atoms with Gasteiger partial charge in [0.1, 0.15) is 6.10 Å². The minimum atomic E-state index is -0.193. The van der Waals surface area contributed by atoms with E-state index in [2.05, 4.69) is 5.10 Å². The summed E-state index contributed by atoms with van der Waals surface area (Å²) < 4.78 is 7.45. The average molecular weight is 249 g/mol. The van der Waals surface area contributed by atoms with Crippen LogP contribution >= 0.6 is 0 Å². The molecule has 5 heteroatoms. The van der Waals surface area contributed by atoms with Crippen LogP contribution in [0, 0.1) is 0 Å². The molecule has 1 amide bonds. The molecule has 2 aliphatic heterocycles. The zero-order chi connectivity index (χ0) is 12.4. The molecule has 5 nitrogen and oxygen atoms in total. The van der Waals surface area contributed by atoms with Crippen LogP contribution < -0.4 is 0 Å². The van der Waals surface area contributed by atoms with Gasteiger partial charge in [-0.2, -0.15) is 5.10 Å². The number of nitrogens with zero attached hydrogens (tertiary/aromatic N) is 3. The van der Waals surface area contributed by atoms with Crippen LogP contribution in [-0.4, -0.2) is 46.4 Å². The predicted molar refractivity (Wildman–Crippen MR) is 66.1 cm³/mol. The normalized spacial score (nSPS) is 28.6. The molecule has 0 aliphatic carbocycles. The molecule has 98 valence electrons. The van der Waals surface area contributed by atoms with E-state index in [-0.39, 0.29) is 12.0 Å². The number of ether oxygens (including phenoxy) is 1. The zero-order valence-corrected chi connectivity index (χ0v) is 10.5. The number of carbonyl (C=O) groups excluding carboxylic acids is 1. The van der Waals surface area contributed by atoms with Crippen molar-refractivity contribution in [2.24, 2.45) is 0 Å². The second kappa shape index (κ2) is 5.10. The second-order valence-corrected chi connectivity index (χ2v) is 5.07. The van der Waals surface area contributed by atoms with Gasteiger partial charge in [0.15, 0.2) is 0 Å². The van der Waals surface area contributed by atoms with Crippen molar-refractivity contribution in [3.63, 3.8) is 0 Å². The van der Waals surface area contributed by atoms with Gasteiger partial charge in [-0.05, 0) is 31.7 Å². The standard InChI is InChI=1S/C13H19N3O2/c17-13(12-5-2-9-18-12)15-7-1-4-11(10-15)16-8-3-6-14-16/h3,6,8,11-12H,1-2,4-5,7,9-10H2/t11-,12-/m1/s1. The van der Waals surface area contributed by atoms with Crippen LogP contribution in [-0.2, 0) is 9.53 Å². The number of aromatic nitrogens is 2. The fraction of sp³-hybridized carbons (Fsp3) is 0.692. The Morgan fingerprint density at radius 3 is 3.00 bits per heavy atom. The van der Waals surface area contributed by atoms with E-state index in [1.54, 1.807) is 6.20 Å². The lowest BCUT2D eigenvalue weighted by atomic mass is 10.0.